The van der Waals surface area contributed by atoms with Crippen LogP contribution in [0.5, 0.6) is 0 Å². The number of carbonyl (C=O) groups excluding carboxylic acids is 1. The number of nitrogens with zero attached hydrogens (tertiary/aromatic N) is 3. The highest BCUT2D eigenvalue weighted by atomic mass is 35.5. The summed E-state index contributed by atoms with van der Waals surface area (Å²) in [6, 6.07) is 20.4. The lowest BCUT2D eigenvalue weighted by Gasteiger charge is -2.16. The molecule has 1 N–H and O–H groups in total. The van der Waals surface area contributed by atoms with Crippen molar-refractivity contribution in [1.29, 1.82) is 0 Å². The summed E-state index contributed by atoms with van der Waals surface area (Å²) in [5.74, 6) is 0.371. The Labute approximate surface area is 151 Å². The first-order valence-corrected chi connectivity index (χ1v) is 8.17. The van der Waals surface area contributed by atoms with Crippen LogP contribution in [0.3, 0.4) is 0 Å². The second-order valence-electron chi connectivity index (χ2n) is 5.45. The molecular weight excluding hydrogens is 336 g/mol. The largest absolute Gasteiger partial charge is 0.364 e. The first kappa shape index (κ1) is 16.9. The van der Waals surface area contributed by atoms with Crippen LogP contribution in [0.1, 0.15) is 16.1 Å². The molecule has 0 aliphatic heterocycles. The molecule has 0 aliphatic carbocycles. The van der Waals surface area contributed by atoms with Crippen LogP contribution in [-0.2, 0) is 6.54 Å². The Morgan fingerprint density at radius 3 is 2.40 bits per heavy atom. The number of carbonyl (C=O) groups is 1. The highest BCUT2D eigenvalue weighted by Gasteiger charge is 2.15. The monoisotopic (exact) mass is 352 g/mol. The molecule has 0 saturated carbocycles. The van der Waals surface area contributed by atoms with E-state index in [-0.39, 0.29) is 11.6 Å². The minimum absolute atomic E-state index is 0.212. The zero-order valence-corrected chi connectivity index (χ0v) is 14.4. The average Bonchev–Trinajstić information content (AvgIpc) is 2.67. The lowest BCUT2D eigenvalue weighted by atomic mass is 10.2. The van der Waals surface area contributed by atoms with E-state index in [0.717, 1.165) is 11.3 Å². The number of hydrogen-bond acceptors (Lipinski definition) is 4. The summed E-state index contributed by atoms with van der Waals surface area (Å²) < 4.78 is 0. The standard InChI is InChI=1S/C19H17ClN4O/c1-24(15-8-3-2-4-9-15)19(25)17-11-12-18(23-22-17)21-13-14-7-5-6-10-16(14)20/h2-12H,13H2,1H3,(H,21,23). The van der Waals surface area contributed by atoms with E-state index < -0.39 is 0 Å². The summed E-state index contributed by atoms with van der Waals surface area (Å²) in [5, 5.41) is 11.9. The number of rotatable bonds is 5. The second kappa shape index (κ2) is 7.77. The first-order valence-electron chi connectivity index (χ1n) is 7.79. The van der Waals surface area contributed by atoms with Crippen molar-refractivity contribution in [1.82, 2.24) is 10.2 Å². The minimum atomic E-state index is -0.212. The Kier molecular flexibility index (Phi) is 5.26. The van der Waals surface area contributed by atoms with Gasteiger partial charge in [0.05, 0.1) is 0 Å². The predicted molar refractivity (Wildman–Crippen MR) is 100.0 cm³/mol. The van der Waals surface area contributed by atoms with Gasteiger partial charge in [0.2, 0.25) is 0 Å². The van der Waals surface area contributed by atoms with Crippen molar-refractivity contribution in [2.75, 3.05) is 17.3 Å². The van der Waals surface area contributed by atoms with E-state index in [9.17, 15) is 4.79 Å². The molecule has 0 bridgehead atoms. The zero-order valence-electron chi connectivity index (χ0n) is 13.7. The highest BCUT2D eigenvalue weighted by Crippen LogP contribution is 2.17. The fourth-order valence-electron chi connectivity index (χ4n) is 2.31. The Bertz CT molecular complexity index is 853. The Morgan fingerprint density at radius 1 is 1.00 bits per heavy atom. The molecule has 3 rings (SSSR count). The van der Waals surface area contributed by atoms with Gasteiger partial charge in [0.15, 0.2) is 5.69 Å². The molecule has 25 heavy (non-hydrogen) atoms. The summed E-state index contributed by atoms with van der Waals surface area (Å²) in [5.41, 5.74) is 2.06. The molecule has 0 unspecified atom stereocenters. The number of aromatic nitrogens is 2. The third-order valence-corrected chi connectivity index (χ3v) is 4.12. The smallest absolute Gasteiger partial charge is 0.278 e. The molecule has 0 aliphatic rings. The van der Waals surface area contributed by atoms with E-state index >= 15 is 0 Å². The molecule has 0 saturated heterocycles. The number of para-hydroxylation sites is 1. The number of anilines is 2. The molecule has 0 spiro atoms. The van der Waals surface area contributed by atoms with Gasteiger partial charge in [-0.3, -0.25) is 4.79 Å². The van der Waals surface area contributed by atoms with Crippen molar-refractivity contribution in [2.45, 2.75) is 6.54 Å². The van der Waals surface area contributed by atoms with Crippen molar-refractivity contribution >= 4 is 29.0 Å². The van der Waals surface area contributed by atoms with E-state index in [4.69, 9.17) is 11.6 Å². The van der Waals surface area contributed by atoms with Crippen LogP contribution in [0, 0.1) is 0 Å². The normalized spacial score (nSPS) is 10.3. The highest BCUT2D eigenvalue weighted by molar-refractivity contribution is 6.31. The summed E-state index contributed by atoms with van der Waals surface area (Å²) in [6.07, 6.45) is 0. The Balaban J connectivity index is 1.66. The maximum atomic E-state index is 12.5. The molecule has 5 nitrogen and oxygen atoms in total. The van der Waals surface area contributed by atoms with Crippen LogP contribution in [0.4, 0.5) is 11.5 Å². The van der Waals surface area contributed by atoms with Gasteiger partial charge in [-0.1, -0.05) is 48.0 Å². The number of hydrogen-bond donors (Lipinski definition) is 1. The van der Waals surface area contributed by atoms with E-state index in [0.29, 0.717) is 17.4 Å². The summed E-state index contributed by atoms with van der Waals surface area (Å²) in [7, 11) is 1.71. The van der Waals surface area contributed by atoms with Gasteiger partial charge in [-0.2, -0.15) is 0 Å². The number of amides is 1. The Morgan fingerprint density at radius 2 is 1.72 bits per heavy atom. The molecule has 3 aromatic rings. The van der Waals surface area contributed by atoms with Gasteiger partial charge in [0.25, 0.3) is 5.91 Å². The maximum absolute atomic E-state index is 12.5. The van der Waals surface area contributed by atoms with Crippen molar-refractivity contribution in [3.8, 4) is 0 Å². The zero-order chi connectivity index (χ0) is 17.6. The lowest BCUT2D eigenvalue weighted by molar-refractivity contribution is 0.0987. The Hall–Kier alpha value is -2.92. The fraction of sp³-hybridized carbons (Fsp3) is 0.105. The van der Waals surface area contributed by atoms with Crippen LogP contribution >= 0.6 is 11.6 Å². The third-order valence-electron chi connectivity index (χ3n) is 3.75. The molecular formula is C19H17ClN4O. The molecule has 1 amide bonds. The lowest BCUT2D eigenvalue weighted by Crippen LogP contribution is -2.27. The van der Waals surface area contributed by atoms with Crippen LogP contribution in [-0.4, -0.2) is 23.2 Å². The van der Waals surface area contributed by atoms with Crippen LogP contribution in [0.15, 0.2) is 66.7 Å². The molecule has 126 valence electrons. The van der Waals surface area contributed by atoms with E-state index in [2.05, 4.69) is 15.5 Å². The van der Waals surface area contributed by atoms with Gasteiger partial charge in [0.1, 0.15) is 5.82 Å². The summed E-state index contributed by atoms with van der Waals surface area (Å²) >= 11 is 6.12. The summed E-state index contributed by atoms with van der Waals surface area (Å²) in [6.45, 7) is 0.533. The molecule has 2 aromatic carbocycles. The van der Waals surface area contributed by atoms with Crippen molar-refractivity contribution < 1.29 is 4.79 Å². The van der Waals surface area contributed by atoms with Crippen LogP contribution in [0.25, 0.3) is 0 Å². The van der Waals surface area contributed by atoms with E-state index in [1.54, 1.807) is 24.1 Å². The molecule has 0 atom stereocenters. The quantitative estimate of drug-likeness (QED) is 0.753. The van der Waals surface area contributed by atoms with Gasteiger partial charge >= 0.3 is 0 Å². The van der Waals surface area contributed by atoms with Gasteiger partial charge in [-0.25, -0.2) is 0 Å². The molecule has 6 heteroatoms. The molecule has 1 heterocycles. The first-order chi connectivity index (χ1) is 12.1. The van der Waals surface area contributed by atoms with Crippen LogP contribution in [0.2, 0.25) is 5.02 Å². The van der Waals surface area contributed by atoms with Gasteiger partial charge < -0.3 is 10.2 Å². The van der Waals surface area contributed by atoms with E-state index in [1.807, 2.05) is 54.6 Å². The maximum Gasteiger partial charge on any atom is 0.278 e. The minimum Gasteiger partial charge on any atom is -0.364 e. The van der Waals surface area contributed by atoms with Crippen molar-refractivity contribution in [3.05, 3.63) is 83.0 Å². The topological polar surface area (TPSA) is 58.1 Å². The average molecular weight is 353 g/mol. The van der Waals surface area contributed by atoms with Gasteiger partial charge in [-0.15, -0.1) is 10.2 Å². The summed E-state index contributed by atoms with van der Waals surface area (Å²) in [4.78, 5) is 14.0. The van der Waals surface area contributed by atoms with Gasteiger partial charge in [-0.05, 0) is 35.9 Å². The molecule has 0 fully saturated rings. The van der Waals surface area contributed by atoms with Crippen molar-refractivity contribution in [3.63, 3.8) is 0 Å². The number of benzene rings is 2. The number of nitrogens with one attached hydrogen (secondary N) is 1. The predicted octanol–water partition coefficient (Wildman–Crippen LogP) is 4.02. The van der Waals surface area contributed by atoms with Crippen molar-refractivity contribution in [2.24, 2.45) is 0 Å². The van der Waals surface area contributed by atoms with Gasteiger partial charge in [0, 0.05) is 24.3 Å². The third kappa shape index (κ3) is 4.14. The van der Waals surface area contributed by atoms with Crippen LogP contribution < -0.4 is 10.2 Å². The molecule has 1 aromatic heterocycles. The second-order valence-corrected chi connectivity index (χ2v) is 5.86. The fourth-order valence-corrected chi connectivity index (χ4v) is 2.51. The SMILES string of the molecule is CN(C(=O)c1ccc(NCc2ccccc2Cl)nn1)c1ccccc1. The molecule has 0 radical (unpaired) electrons. The number of halogens is 1. The van der Waals surface area contributed by atoms with E-state index in [1.165, 1.54) is 0 Å².